The fraction of sp³-hybridized carbons (Fsp3) is 0.417. The molecule has 3 heteroatoms. The highest BCUT2D eigenvalue weighted by Crippen LogP contribution is 2.13. The Hall–Kier alpha value is -1.40. The van der Waals surface area contributed by atoms with E-state index < -0.39 is 0 Å². The minimum absolute atomic E-state index is 0.278. The van der Waals surface area contributed by atoms with Crippen LogP contribution in [-0.4, -0.2) is 6.04 Å². The second-order valence-corrected chi connectivity index (χ2v) is 3.59. The third-order valence-corrected chi connectivity index (χ3v) is 2.40. The highest BCUT2D eigenvalue weighted by atomic mass is 19.1. The van der Waals surface area contributed by atoms with Crippen molar-refractivity contribution in [3.8, 4) is 6.07 Å². The van der Waals surface area contributed by atoms with E-state index in [-0.39, 0.29) is 17.9 Å². The molecule has 0 saturated heterocycles. The molecule has 2 nitrogen and oxygen atoms in total. The summed E-state index contributed by atoms with van der Waals surface area (Å²) in [6.07, 6.45) is 0.958. The van der Waals surface area contributed by atoms with Gasteiger partial charge in [0.1, 0.15) is 11.9 Å². The highest BCUT2D eigenvalue weighted by Gasteiger charge is 2.12. The number of hydrogen-bond acceptors (Lipinski definition) is 2. The van der Waals surface area contributed by atoms with Crippen LogP contribution in [0.2, 0.25) is 0 Å². The predicted octanol–water partition coefficient (Wildman–Crippen LogP) is 2.78. The first-order chi connectivity index (χ1) is 7.17. The van der Waals surface area contributed by atoms with Crippen LogP contribution in [0.25, 0.3) is 0 Å². The summed E-state index contributed by atoms with van der Waals surface area (Å²) in [5, 5.41) is 12.2. The van der Waals surface area contributed by atoms with Gasteiger partial charge >= 0.3 is 0 Å². The van der Waals surface area contributed by atoms with Gasteiger partial charge in [0.15, 0.2) is 0 Å². The van der Waals surface area contributed by atoms with Crippen LogP contribution in [0.1, 0.15) is 31.9 Å². The van der Waals surface area contributed by atoms with Crippen LogP contribution in [0.5, 0.6) is 0 Å². The van der Waals surface area contributed by atoms with Crippen molar-refractivity contribution in [2.24, 2.45) is 0 Å². The number of nitriles is 1. The molecule has 0 bridgehead atoms. The molecule has 1 N–H and O–H groups in total. The van der Waals surface area contributed by atoms with Gasteiger partial charge in [-0.2, -0.15) is 5.26 Å². The first-order valence-electron chi connectivity index (χ1n) is 5.08. The van der Waals surface area contributed by atoms with Gasteiger partial charge in [-0.1, -0.05) is 19.1 Å². The van der Waals surface area contributed by atoms with Gasteiger partial charge in [-0.05, 0) is 31.0 Å². The molecule has 2 unspecified atom stereocenters. The van der Waals surface area contributed by atoms with Crippen LogP contribution in [-0.2, 0) is 0 Å². The Morgan fingerprint density at radius 3 is 2.47 bits per heavy atom. The lowest BCUT2D eigenvalue weighted by molar-refractivity contribution is 0.500. The molecule has 15 heavy (non-hydrogen) atoms. The molecule has 0 aliphatic heterocycles. The molecule has 2 atom stereocenters. The second kappa shape index (κ2) is 5.47. The molecule has 0 saturated carbocycles. The summed E-state index contributed by atoms with van der Waals surface area (Å²) in [7, 11) is 0. The van der Waals surface area contributed by atoms with Gasteiger partial charge in [0, 0.05) is 6.04 Å². The molecular formula is C12H15FN2. The summed E-state index contributed by atoms with van der Waals surface area (Å²) in [4.78, 5) is 0. The number of rotatable bonds is 4. The van der Waals surface area contributed by atoms with Crippen LogP contribution in [0.15, 0.2) is 24.3 Å². The van der Waals surface area contributed by atoms with Crippen molar-refractivity contribution in [1.82, 2.24) is 5.32 Å². The smallest absolute Gasteiger partial charge is 0.123 e. The highest BCUT2D eigenvalue weighted by molar-refractivity contribution is 5.24. The molecule has 0 spiro atoms. The topological polar surface area (TPSA) is 35.8 Å². The average Bonchev–Trinajstić information content (AvgIpc) is 2.27. The molecule has 0 heterocycles. The number of benzene rings is 1. The van der Waals surface area contributed by atoms with Crippen LogP contribution in [0.4, 0.5) is 4.39 Å². The van der Waals surface area contributed by atoms with Gasteiger partial charge in [0.05, 0.1) is 6.07 Å². The van der Waals surface area contributed by atoms with Crippen molar-refractivity contribution in [2.75, 3.05) is 0 Å². The van der Waals surface area contributed by atoms with Gasteiger partial charge in [-0.3, -0.25) is 5.32 Å². The Kier molecular flexibility index (Phi) is 4.26. The van der Waals surface area contributed by atoms with Crippen LogP contribution in [0.3, 0.4) is 0 Å². The Balaban J connectivity index is 2.75. The summed E-state index contributed by atoms with van der Waals surface area (Å²) in [6.45, 7) is 4.07. The first kappa shape index (κ1) is 11.7. The van der Waals surface area contributed by atoms with Crippen LogP contribution < -0.4 is 5.32 Å². The lowest BCUT2D eigenvalue weighted by atomic mass is 10.1. The second-order valence-electron chi connectivity index (χ2n) is 3.59. The summed E-state index contributed by atoms with van der Waals surface area (Å²) in [5.41, 5.74) is 0.805. The van der Waals surface area contributed by atoms with E-state index in [2.05, 4.69) is 18.3 Å². The minimum Gasteiger partial charge on any atom is -0.296 e. The maximum absolute atomic E-state index is 12.7. The third kappa shape index (κ3) is 3.34. The number of hydrogen-bond donors (Lipinski definition) is 1. The van der Waals surface area contributed by atoms with Crippen LogP contribution >= 0.6 is 0 Å². The van der Waals surface area contributed by atoms with Crippen molar-refractivity contribution in [3.05, 3.63) is 35.6 Å². The normalized spacial score (nSPS) is 14.3. The Morgan fingerprint density at radius 1 is 1.40 bits per heavy atom. The van der Waals surface area contributed by atoms with E-state index in [1.54, 1.807) is 12.1 Å². The number of halogens is 1. The molecule has 1 aromatic rings. The fourth-order valence-electron chi connectivity index (χ4n) is 1.27. The first-order valence-corrected chi connectivity index (χ1v) is 5.08. The zero-order valence-electron chi connectivity index (χ0n) is 9.00. The summed E-state index contributed by atoms with van der Waals surface area (Å²) < 4.78 is 12.7. The zero-order valence-corrected chi connectivity index (χ0v) is 9.00. The van der Waals surface area contributed by atoms with Crippen molar-refractivity contribution in [2.45, 2.75) is 32.4 Å². The Morgan fingerprint density at radius 2 is 2.00 bits per heavy atom. The molecular weight excluding hydrogens is 191 g/mol. The third-order valence-electron chi connectivity index (χ3n) is 2.40. The van der Waals surface area contributed by atoms with Crippen LogP contribution in [0, 0.1) is 17.1 Å². The summed E-state index contributed by atoms with van der Waals surface area (Å²) in [6, 6.07) is 8.11. The fourth-order valence-corrected chi connectivity index (χ4v) is 1.27. The predicted molar refractivity (Wildman–Crippen MR) is 57.6 cm³/mol. The Labute approximate surface area is 89.7 Å². The van der Waals surface area contributed by atoms with Gasteiger partial charge in [0.2, 0.25) is 0 Å². The summed E-state index contributed by atoms with van der Waals surface area (Å²) in [5.74, 6) is -0.279. The lowest BCUT2D eigenvalue weighted by Crippen LogP contribution is -2.29. The van der Waals surface area contributed by atoms with Gasteiger partial charge in [-0.15, -0.1) is 0 Å². The quantitative estimate of drug-likeness (QED) is 0.822. The molecule has 1 rings (SSSR count). The standard InChI is InChI=1S/C12H15FN2/c1-3-9(2)15-12(8-14)10-4-6-11(13)7-5-10/h4-7,9,12,15H,3H2,1-2H3. The monoisotopic (exact) mass is 206 g/mol. The van der Waals surface area contributed by atoms with E-state index >= 15 is 0 Å². The molecule has 0 aromatic heterocycles. The number of nitrogens with one attached hydrogen (secondary N) is 1. The van der Waals surface area contributed by atoms with Gasteiger partial charge in [0.25, 0.3) is 0 Å². The molecule has 0 aliphatic carbocycles. The van der Waals surface area contributed by atoms with E-state index in [1.807, 2.05) is 6.92 Å². The molecule has 80 valence electrons. The SMILES string of the molecule is CCC(C)NC(C#N)c1ccc(F)cc1. The number of nitrogens with zero attached hydrogens (tertiary/aromatic N) is 1. The zero-order chi connectivity index (χ0) is 11.3. The van der Waals surface area contributed by atoms with E-state index in [1.165, 1.54) is 12.1 Å². The van der Waals surface area contributed by atoms with Crippen molar-refractivity contribution in [3.63, 3.8) is 0 Å². The average molecular weight is 206 g/mol. The molecule has 0 amide bonds. The minimum atomic E-state index is -0.361. The van der Waals surface area contributed by atoms with E-state index in [9.17, 15) is 4.39 Å². The van der Waals surface area contributed by atoms with E-state index in [0.29, 0.717) is 0 Å². The largest absolute Gasteiger partial charge is 0.296 e. The van der Waals surface area contributed by atoms with Gasteiger partial charge < -0.3 is 0 Å². The Bertz CT molecular complexity index is 340. The van der Waals surface area contributed by atoms with Crippen molar-refractivity contribution in [1.29, 1.82) is 5.26 Å². The van der Waals surface area contributed by atoms with Crippen molar-refractivity contribution < 1.29 is 4.39 Å². The maximum Gasteiger partial charge on any atom is 0.123 e. The molecule has 0 aliphatic rings. The van der Waals surface area contributed by atoms with E-state index in [4.69, 9.17) is 5.26 Å². The molecule has 1 aromatic carbocycles. The lowest BCUT2D eigenvalue weighted by Gasteiger charge is -2.16. The van der Waals surface area contributed by atoms with Gasteiger partial charge in [-0.25, -0.2) is 4.39 Å². The summed E-state index contributed by atoms with van der Waals surface area (Å²) >= 11 is 0. The van der Waals surface area contributed by atoms with E-state index in [0.717, 1.165) is 12.0 Å². The maximum atomic E-state index is 12.7. The molecule has 0 fully saturated rings. The molecule has 0 radical (unpaired) electrons. The van der Waals surface area contributed by atoms with Crippen molar-refractivity contribution >= 4 is 0 Å².